The minimum Gasteiger partial charge on any atom is -0.497 e. The van der Waals surface area contributed by atoms with Gasteiger partial charge in [0, 0.05) is 24.7 Å². The third-order valence-electron chi connectivity index (χ3n) is 6.77. The highest BCUT2D eigenvalue weighted by Gasteiger charge is 2.40. The maximum Gasteiger partial charge on any atom is 0.278 e. The summed E-state index contributed by atoms with van der Waals surface area (Å²) < 4.78 is 18.7. The van der Waals surface area contributed by atoms with Crippen LogP contribution in [0.25, 0.3) is 0 Å². The van der Waals surface area contributed by atoms with Gasteiger partial charge in [0.25, 0.3) is 5.91 Å². The zero-order valence-corrected chi connectivity index (χ0v) is 20.4. The Morgan fingerprint density at radius 2 is 1.69 bits per heavy atom. The van der Waals surface area contributed by atoms with Crippen LogP contribution in [0, 0.1) is 0 Å². The van der Waals surface area contributed by atoms with E-state index < -0.39 is 0 Å². The lowest BCUT2D eigenvalue weighted by Gasteiger charge is -2.46. The number of fused-ring (bicyclic) bond motifs is 1. The highest BCUT2D eigenvalue weighted by molar-refractivity contribution is 5.96. The molecule has 2 aliphatic rings. The van der Waals surface area contributed by atoms with Gasteiger partial charge in [0.15, 0.2) is 11.4 Å². The molecule has 188 valence electrons. The van der Waals surface area contributed by atoms with Crippen LogP contribution < -0.4 is 20.3 Å². The summed E-state index contributed by atoms with van der Waals surface area (Å²) in [4.78, 5) is 28.4. The molecule has 8 heteroatoms. The fraction of sp³-hybridized carbons (Fsp3) is 0.357. The molecular formula is C28H31N3O5. The van der Waals surface area contributed by atoms with Crippen LogP contribution in [0.5, 0.6) is 11.5 Å². The minimum atomic E-state index is -0.304. The normalized spacial score (nSPS) is 17.2. The third kappa shape index (κ3) is 5.09. The molecule has 1 aliphatic heterocycles. The number of pyridine rings is 1. The van der Waals surface area contributed by atoms with Crippen LogP contribution in [0.3, 0.4) is 0 Å². The number of rotatable bonds is 10. The number of nitrogens with zero attached hydrogens (tertiary/aromatic N) is 2. The smallest absolute Gasteiger partial charge is 0.278 e. The molecule has 1 atom stereocenters. The number of aromatic nitrogens is 1. The second kappa shape index (κ2) is 10.9. The lowest BCUT2D eigenvalue weighted by molar-refractivity contribution is 0.0287. The molecule has 8 nitrogen and oxygen atoms in total. The first-order chi connectivity index (χ1) is 17.6. The molecule has 1 unspecified atom stereocenters. The van der Waals surface area contributed by atoms with Gasteiger partial charge in [-0.1, -0.05) is 42.5 Å². The van der Waals surface area contributed by atoms with Gasteiger partial charge in [-0.15, -0.1) is 0 Å². The summed E-state index contributed by atoms with van der Waals surface area (Å²) >= 11 is 0. The first kappa shape index (κ1) is 23.9. The zero-order chi connectivity index (χ0) is 24.9. The molecule has 0 radical (unpaired) electrons. The molecule has 1 N–H and O–H groups in total. The van der Waals surface area contributed by atoms with Gasteiger partial charge in [0.2, 0.25) is 5.43 Å². The highest BCUT2D eigenvalue weighted by atomic mass is 16.5. The predicted octanol–water partition coefficient (Wildman–Crippen LogP) is 3.92. The molecule has 0 bridgehead atoms. The molecule has 2 heterocycles. The number of carbonyl (C=O) groups excluding carboxylic acids is 1. The molecule has 1 fully saturated rings. The van der Waals surface area contributed by atoms with Gasteiger partial charge in [-0.25, -0.2) is 0 Å². The molecule has 0 saturated heterocycles. The van der Waals surface area contributed by atoms with Gasteiger partial charge in [-0.3, -0.25) is 14.3 Å². The molecule has 5 rings (SSSR count). The highest BCUT2D eigenvalue weighted by Crippen LogP contribution is 2.32. The average molecular weight is 490 g/mol. The summed E-state index contributed by atoms with van der Waals surface area (Å²) in [5.74, 6) is 0.709. The van der Waals surface area contributed by atoms with Gasteiger partial charge in [-0.2, -0.15) is 0 Å². The minimum absolute atomic E-state index is 0.0809. The van der Waals surface area contributed by atoms with Gasteiger partial charge in [-0.05, 0) is 42.5 Å². The summed E-state index contributed by atoms with van der Waals surface area (Å²) in [6.07, 6.45) is 4.98. The molecular weight excluding hydrogens is 458 g/mol. The van der Waals surface area contributed by atoms with Crippen molar-refractivity contribution >= 4 is 5.91 Å². The van der Waals surface area contributed by atoms with Gasteiger partial charge >= 0.3 is 0 Å². The standard InChI is InChI=1S/C28H31N3O5/c1-34-23-12-10-21(11-13-23)18-35-17-15-25-29-30-16-14-24(32)27(36-19-20-6-3-2-4-7-20)26(30)28(33)31(25)22-8-5-9-22/h2-4,6-7,10-14,16,22,25,29H,5,8-9,15,17-19H2,1H3. The zero-order valence-electron chi connectivity index (χ0n) is 20.4. The summed E-state index contributed by atoms with van der Waals surface area (Å²) in [6, 6.07) is 19.0. The van der Waals surface area contributed by atoms with E-state index in [4.69, 9.17) is 14.2 Å². The fourth-order valence-corrected chi connectivity index (χ4v) is 4.58. The van der Waals surface area contributed by atoms with Crippen LogP contribution in [0.1, 0.15) is 47.3 Å². The fourth-order valence-electron chi connectivity index (χ4n) is 4.58. The summed E-state index contributed by atoms with van der Waals surface area (Å²) in [5.41, 5.74) is 5.35. The van der Waals surface area contributed by atoms with Crippen LogP contribution in [-0.2, 0) is 18.0 Å². The van der Waals surface area contributed by atoms with Crippen molar-refractivity contribution in [3.05, 3.63) is 93.9 Å². The Bertz CT molecular complexity index is 1240. The quantitative estimate of drug-likeness (QED) is 0.435. The molecule has 1 saturated carbocycles. The second-order valence-electron chi connectivity index (χ2n) is 9.13. The van der Waals surface area contributed by atoms with E-state index in [9.17, 15) is 9.59 Å². The lowest BCUT2D eigenvalue weighted by Crippen LogP contribution is -2.59. The first-order valence-electron chi connectivity index (χ1n) is 12.4. The van der Waals surface area contributed by atoms with E-state index in [0.29, 0.717) is 19.6 Å². The van der Waals surface area contributed by atoms with Crippen molar-refractivity contribution in [2.24, 2.45) is 0 Å². The Morgan fingerprint density at radius 3 is 2.39 bits per heavy atom. The van der Waals surface area contributed by atoms with Crippen LogP contribution >= 0.6 is 0 Å². The van der Waals surface area contributed by atoms with E-state index in [-0.39, 0.29) is 41.6 Å². The molecule has 0 spiro atoms. The van der Waals surface area contributed by atoms with Crippen molar-refractivity contribution in [2.75, 3.05) is 19.1 Å². The van der Waals surface area contributed by atoms with Crippen molar-refractivity contribution in [3.8, 4) is 11.5 Å². The Morgan fingerprint density at radius 1 is 0.944 bits per heavy atom. The monoisotopic (exact) mass is 489 g/mol. The number of hydrogen-bond acceptors (Lipinski definition) is 6. The van der Waals surface area contributed by atoms with Gasteiger partial charge in [0.05, 0.1) is 20.3 Å². The largest absolute Gasteiger partial charge is 0.497 e. The number of methoxy groups -OCH3 is 1. The average Bonchev–Trinajstić information content (AvgIpc) is 2.88. The predicted molar refractivity (Wildman–Crippen MR) is 136 cm³/mol. The van der Waals surface area contributed by atoms with Gasteiger partial charge in [0.1, 0.15) is 18.5 Å². The SMILES string of the molecule is COc1ccc(COCCC2Nn3ccc(=O)c(OCc4ccccc4)c3C(=O)N2C2CCC2)cc1. The Hall–Kier alpha value is -3.78. The van der Waals surface area contributed by atoms with Crippen molar-refractivity contribution in [1.82, 2.24) is 9.58 Å². The second-order valence-corrected chi connectivity index (χ2v) is 9.13. The number of hydrogen-bond donors (Lipinski definition) is 1. The number of benzene rings is 2. The van der Waals surface area contributed by atoms with Crippen molar-refractivity contribution in [2.45, 2.75) is 51.1 Å². The van der Waals surface area contributed by atoms with E-state index in [0.717, 1.165) is 36.1 Å². The third-order valence-corrected chi connectivity index (χ3v) is 6.77. The number of carbonyl (C=O) groups is 1. The Labute approximate surface area is 210 Å². The van der Waals surface area contributed by atoms with Crippen LogP contribution in [0.2, 0.25) is 0 Å². The molecule has 3 aromatic rings. The molecule has 1 aromatic heterocycles. The Balaban J connectivity index is 1.30. The lowest BCUT2D eigenvalue weighted by atomic mass is 9.90. The summed E-state index contributed by atoms with van der Waals surface area (Å²) in [6.45, 7) is 1.17. The van der Waals surface area contributed by atoms with Crippen molar-refractivity contribution in [3.63, 3.8) is 0 Å². The Kier molecular flexibility index (Phi) is 7.23. The van der Waals surface area contributed by atoms with E-state index in [2.05, 4.69) is 5.43 Å². The number of ether oxygens (including phenoxy) is 3. The molecule has 1 amide bonds. The first-order valence-corrected chi connectivity index (χ1v) is 12.4. The number of amides is 1. The summed E-state index contributed by atoms with van der Waals surface area (Å²) in [5, 5.41) is 0. The van der Waals surface area contributed by atoms with Crippen LogP contribution in [0.4, 0.5) is 0 Å². The van der Waals surface area contributed by atoms with E-state index in [1.54, 1.807) is 18.0 Å². The topological polar surface area (TPSA) is 82.0 Å². The van der Waals surface area contributed by atoms with E-state index in [1.807, 2.05) is 59.5 Å². The maximum absolute atomic E-state index is 13.8. The van der Waals surface area contributed by atoms with Crippen molar-refractivity contribution < 1.29 is 19.0 Å². The molecule has 36 heavy (non-hydrogen) atoms. The summed E-state index contributed by atoms with van der Waals surface area (Å²) in [7, 11) is 1.64. The number of nitrogens with one attached hydrogen (secondary N) is 1. The van der Waals surface area contributed by atoms with Crippen molar-refractivity contribution in [1.29, 1.82) is 0 Å². The molecule has 1 aliphatic carbocycles. The molecule has 2 aromatic carbocycles. The van der Waals surface area contributed by atoms with Crippen LogP contribution in [-0.4, -0.2) is 41.4 Å². The van der Waals surface area contributed by atoms with Crippen LogP contribution in [0.15, 0.2) is 71.7 Å². The van der Waals surface area contributed by atoms with E-state index in [1.165, 1.54) is 6.07 Å². The van der Waals surface area contributed by atoms with E-state index >= 15 is 0 Å². The maximum atomic E-state index is 13.8. The van der Waals surface area contributed by atoms with Gasteiger partial charge < -0.3 is 24.5 Å².